The minimum atomic E-state index is -0.655. The lowest BCUT2D eigenvalue weighted by atomic mass is 10.1. The summed E-state index contributed by atoms with van der Waals surface area (Å²) in [5, 5.41) is 0. The molecule has 1 radical (unpaired) electrons. The molecule has 0 fully saturated rings. The van der Waals surface area contributed by atoms with Gasteiger partial charge in [-0.3, -0.25) is 9.59 Å². The molecule has 93 valence electrons. The number of rotatable bonds is 6. The first-order valence-electron chi connectivity index (χ1n) is 5.38. The van der Waals surface area contributed by atoms with Crippen LogP contribution in [0.1, 0.15) is 40.0 Å². The van der Waals surface area contributed by atoms with Gasteiger partial charge in [0.25, 0.3) is 0 Å². The van der Waals surface area contributed by atoms with Crippen molar-refractivity contribution in [2.45, 2.75) is 57.7 Å². The van der Waals surface area contributed by atoms with Gasteiger partial charge in [0.15, 0.2) is 0 Å². The van der Waals surface area contributed by atoms with Gasteiger partial charge in [0.2, 0.25) is 6.29 Å². The molecular formula is C11H21N2O3. The number of ether oxygens (including phenoxy) is 1. The molecule has 1 unspecified atom stereocenters. The predicted octanol–water partition coefficient (Wildman–Crippen LogP) is 0.263. The van der Waals surface area contributed by atoms with E-state index in [1.807, 2.05) is 0 Å². The van der Waals surface area contributed by atoms with E-state index in [1.165, 1.54) is 0 Å². The molecule has 0 rings (SSSR count). The van der Waals surface area contributed by atoms with Gasteiger partial charge in [-0.05, 0) is 40.0 Å². The molecule has 4 N–H and O–H groups in total. The van der Waals surface area contributed by atoms with E-state index < -0.39 is 23.7 Å². The summed E-state index contributed by atoms with van der Waals surface area (Å²) in [6, 6.07) is -1.25. The topological polar surface area (TPSA) is 95.4 Å². The molecule has 0 aromatic heterocycles. The second-order valence-electron chi connectivity index (χ2n) is 4.80. The molecule has 0 spiro atoms. The molecule has 0 bridgehead atoms. The van der Waals surface area contributed by atoms with Gasteiger partial charge in [-0.25, -0.2) is 0 Å². The average molecular weight is 229 g/mol. The van der Waals surface area contributed by atoms with Gasteiger partial charge in [0, 0.05) is 0 Å². The fourth-order valence-corrected chi connectivity index (χ4v) is 1.11. The summed E-state index contributed by atoms with van der Waals surface area (Å²) in [5.41, 5.74) is 10.5. The number of carbonyl (C=O) groups excluding carboxylic acids is 2. The first kappa shape index (κ1) is 15.1. The number of carbonyl (C=O) groups is 1. The third kappa shape index (κ3) is 7.36. The Bertz CT molecular complexity index is 236. The molecule has 0 aliphatic rings. The highest BCUT2D eigenvalue weighted by atomic mass is 16.6. The molecule has 0 aliphatic carbocycles. The second kappa shape index (κ2) is 6.60. The Morgan fingerprint density at radius 2 is 1.88 bits per heavy atom. The van der Waals surface area contributed by atoms with Crippen molar-refractivity contribution in [3.05, 3.63) is 0 Å². The molecule has 0 saturated carbocycles. The quantitative estimate of drug-likeness (QED) is 0.637. The smallest absolute Gasteiger partial charge is 0.323 e. The van der Waals surface area contributed by atoms with Crippen LogP contribution in [0.5, 0.6) is 0 Å². The predicted molar refractivity (Wildman–Crippen MR) is 61.3 cm³/mol. The molecule has 5 heteroatoms. The van der Waals surface area contributed by atoms with Gasteiger partial charge in [0.05, 0.1) is 6.04 Å². The lowest BCUT2D eigenvalue weighted by molar-refractivity contribution is -0.156. The Balaban J connectivity index is 3.84. The highest BCUT2D eigenvalue weighted by Crippen LogP contribution is 2.10. The summed E-state index contributed by atoms with van der Waals surface area (Å²) < 4.78 is 5.11. The number of esters is 1. The van der Waals surface area contributed by atoms with Crippen LogP contribution in [0.2, 0.25) is 0 Å². The average Bonchev–Trinajstić information content (AvgIpc) is 2.14. The Kier molecular flexibility index (Phi) is 6.21. The third-order valence-corrected chi connectivity index (χ3v) is 1.89. The van der Waals surface area contributed by atoms with Gasteiger partial charge in [-0.15, -0.1) is 0 Å². The molecular weight excluding hydrogens is 208 g/mol. The molecule has 2 atom stereocenters. The van der Waals surface area contributed by atoms with E-state index in [4.69, 9.17) is 16.2 Å². The Hall–Kier alpha value is -0.940. The van der Waals surface area contributed by atoms with Gasteiger partial charge in [-0.1, -0.05) is 0 Å². The summed E-state index contributed by atoms with van der Waals surface area (Å²) >= 11 is 0. The Morgan fingerprint density at radius 3 is 2.31 bits per heavy atom. The zero-order valence-corrected chi connectivity index (χ0v) is 10.2. The second-order valence-corrected chi connectivity index (χ2v) is 4.80. The first-order valence-corrected chi connectivity index (χ1v) is 5.38. The lowest BCUT2D eigenvalue weighted by Crippen LogP contribution is -2.37. The van der Waals surface area contributed by atoms with Crippen LogP contribution in [0.15, 0.2) is 0 Å². The van der Waals surface area contributed by atoms with Gasteiger partial charge in [0.1, 0.15) is 11.6 Å². The third-order valence-electron chi connectivity index (χ3n) is 1.89. The van der Waals surface area contributed by atoms with Crippen LogP contribution in [-0.4, -0.2) is 29.9 Å². The number of hydrogen-bond donors (Lipinski definition) is 2. The number of nitrogens with two attached hydrogens (primary N) is 2. The van der Waals surface area contributed by atoms with Gasteiger partial charge < -0.3 is 16.2 Å². The van der Waals surface area contributed by atoms with E-state index in [-0.39, 0.29) is 0 Å². The van der Waals surface area contributed by atoms with Crippen molar-refractivity contribution >= 4 is 12.3 Å². The van der Waals surface area contributed by atoms with Crippen molar-refractivity contribution in [3.63, 3.8) is 0 Å². The van der Waals surface area contributed by atoms with Gasteiger partial charge >= 0.3 is 5.97 Å². The SMILES string of the molecule is CC(C)(C)OC(=O)C(N)CCC[C@H](N)[C]=O. The maximum absolute atomic E-state index is 11.4. The minimum absolute atomic E-state index is 0.420. The van der Waals surface area contributed by atoms with E-state index in [1.54, 1.807) is 27.1 Å². The van der Waals surface area contributed by atoms with Crippen molar-refractivity contribution in [2.75, 3.05) is 0 Å². The van der Waals surface area contributed by atoms with Crippen LogP contribution < -0.4 is 11.5 Å². The van der Waals surface area contributed by atoms with E-state index in [2.05, 4.69) is 0 Å². The minimum Gasteiger partial charge on any atom is -0.459 e. The summed E-state index contributed by atoms with van der Waals surface area (Å²) in [5.74, 6) is -0.420. The summed E-state index contributed by atoms with van der Waals surface area (Å²) in [6.07, 6.45) is 3.23. The Labute approximate surface area is 96.5 Å². The summed E-state index contributed by atoms with van der Waals surface area (Å²) in [6.45, 7) is 5.36. The summed E-state index contributed by atoms with van der Waals surface area (Å²) in [4.78, 5) is 21.6. The van der Waals surface area contributed by atoms with E-state index in [9.17, 15) is 9.59 Å². The molecule has 0 aliphatic heterocycles. The molecule has 16 heavy (non-hydrogen) atoms. The van der Waals surface area contributed by atoms with Crippen molar-refractivity contribution in [1.82, 2.24) is 0 Å². The van der Waals surface area contributed by atoms with E-state index in [0.29, 0.717) is 19.3 Å². The fourth-order valence-electron chi connectivity index (χ4n) is 1.11. The van der Waals surface area contributed by atoms with Crippen LogP contribution in [0.25, 0.3) is 0 Å². The summed E-state index contributed by atoms with van der Waals surface area (Å²) in [7, 11) is 0. The fraction of sp³-hybridized carbons (Fsp3) is 0.818. The number of hydrogen-bond acceptors (Lipinski definition) is 5. The standard InChI is InChI=1S/C11H21N2O3/c1-11(2,3)16-10(15)9(13)6-4-5-8(12)7-14/h8-9H,4-6,12-13H2,1-3H3/t8-,9?/m0/s1. The normalized spacial score (nSPS) is 15.3. The van der Waals surface area contributed by atoms with Crippen molar-refractivity contribution in [2.24, 2.45) is 11.5 Å². The highest BCUT2D eigenvalue weighted by molar-refractivity contribution is 5.75. The van der Waals surface area contributed by atoms with Crippen LogP contribution >= 0.6 is 0 Å². The monoisotopic (exact) mass is 229 g/mol. The molecule has 0 heterocycles. The molecule has 0 saturated heterocycles. The van der Waals surface area contributed by atoms with Crippen molar-refractivity contribution < 1.29 is 14.3 Å². The van der Waals surface area contributed by atoms with Crippen LogP contribution in [0.4, 0.5) is 0 Å². The first-order chi connectivity index (χ1) is 7.26. The van der Waals surface area contributed by atoms with E-state index in [0.717, 1.165) is 0 Å². The van der Waals surface area contributed by atoms with Crippen molar-refractivity contribution in [1.29, 1.82) is 0 Å². The lowest BCUT2D eigenvalue weighted by Gasteiger charge is -2.22. The van der Waals surface area contributed by atoms with Crippen LogP contribution in [0.3, 0.4) is 0 Å². The highest BCUT2D eigenvalue weighted by Gasteiger charge is 2.21. The van der Waals surface area contributed by atoms with E-state index >= 15 is 0 Å². The largest absolute Gasteiger partial charge is 0.459 e. The molecule has 5 nitrogen and oxygen atoms in total. The van der Waals surface area contributed by atoms with Crippen LogP contribution in [0, 0.1) is 0 Å². The maximum atomic E-state index is 11.4. The molecule has 0 aromatic carbocycles. The zero-order chi connectivity index (χ0) is 12.8. The van der Waals surface area contributed by atoms with Gasteiger partial charge in [-0.2, -0.15) is 0 Å². The molecule has 0 amide bonds. The van der Waals surface area contributed by atoms with Crippen LogP contribution in [-0.2, 0) is 14.3 Å². The Morgan fingerprint density at radius 1 is 1.31 bits per heavy atom. The van der Waals surface area contributed by atoms with Crippen molar-refractivity contribution in [3.8, 4) is 0 Å². The maximum Gasteiger partial charge on any atom is 0.323 e. The zero-order valence-electron chi connectivity index (χ0n) is 10.2. The molecule has 0 aromatic rings.